The lowest BCUT2D eigenvalue weighted by atomic mass is 10.2. The number of likely N-dealkylation sites (N-methyl/N-ethyl adjacent to an activating group) is 1. The van der Waals surface area contributed by atoms with Gasteiger partial charge in [0.05, 0.1) is 10.6 Å². The number of hydrogen-bond donors (Lipinski definition) is 0. The molecule has 1 heterocycles. The molecule has 6 heteroatoms. The van der Waals surface area contributed by atoms with Crippen LogP contribution in [0, 0.1) is 0 Å². The van der Waals surface area contributed by atoms with E-state index in [1.165, 1.54) is 11.8 Å². The number of amides is 1. The number of carbonyl (C=O) groups excluding carboxylic acids is 1. The highest BCUT2D eigenvalue weighted by molar-refractivity contribution is 8.18. The van der Waals surface area contributed by atoms with Crippen molar-refractivity contribution < 1.29 is 4.79 Å². The molecule has 3 rings (SSSR count). The third-order valence-electron chi connectivity index (χ3n) is 3.96. The first-order valence-corrected chi connectivity index (χ1v) is 9.50. The highest BCUT2D eigenvalue weighted by Gasteiger charge is 2.32. The quantitative estimate of drug-likeness (QED) is 0.692. The second kappa shape index (κ2) is 7.98. The molecule has 4 nitrogen and oxygen atoms in total. The third-order valence-corrected chi connectivity index (χ3v) is 5.22. The van der Waals surface area contributed by atoms with Crippen LogP contribution >= 0.6 is 23.4 Å². The van der Waals surface area contributed by atoms with Crippen LogP contribution in [0.25, 0.3) is 6.08 Å². The largest absolute Gasteiger partial charge is 0.378 e. The van der Waals surface area contributed by atoms with Crippen LogP contribution in [0.3, 0.4) is 0 Å². The Morgan fingerprint density at radius 3 is 2.35 bits per heavy atom. The molecule has 1 fully saturated rings. The van der Waals surface area contributed by atoms with Crippen molar-refractivity contribution in [1.29, 1.82) is 0 Å². The number of halogens is 1. The summed E-state index contributed by atoms with van der Waals surface area (Å²) in [6, 6.07) is 15.4. The van der Waals surface area contributed by atoms with Gasteiger partial charge in [-0.1, -0.05) is 23.7 Å². The van der Waals surface area contributed by atoms with Crippen molar-refractivity contribution in [2.75, 3.05) is 25.5 Å². The Morgan fingerprint density at radius 2 is 1.77 bits per heavy atom. The molecule has 0 N–H and O–H groups in total. The molecule has 1 amide bonds. The minimum Gasteiger partial charge on any atom is -0.378 e. The van der Waals surface area contributed by atoms with Crippen molar-refractivity contribution >= 4 is 51.9 Å². The highest BCUT2D eigenvalue weighted by Crippen LogP contribution is 2.34. The average Bonchev–Trinajstić information content (AvgIpc) is 2.92. The van der Waals surface area contributed by atoms with Crippen LogP contribution in [0.2, 0.25) is 5.02 Å². The van der Waals surface area contributed by atoms with E-state index in [-0.39, 0.29) is 5.91 Å². The van der Waals surface area contributed by atoms with Gasteiger partial charge >= 0.3 is 0 Å². The third kappa shape index (κ3) is 4.11. The lowest BCUT2D eigenvalue weighted by Crippen LogP contribution is -2.28. The summed E-state index contributed by atoms with van der Waals surface area (Å²) in [5, 5.41) is 1.36. The van der Waals surface area contributed by atoms with Gasteiger partial charge in [-0.15, -0.1) is 0 Å². The number of hydrogen-bond acceptors (Lipinski definition) is 4. The summed E-state index contributed by atoms with van der Waals surface area (Å²) >= 11 is 7.32. The van der Waals surface area contributed by atoms with Gasteiger partial charge in [-0.05, 0) is 66.7 Å². The molecule has 0 atom stereocenters. The van der Waals surface area contributed by atoms with E-state index in [0.29, 0.717) is 21.6 Å². The molecule has 0 bridgehead atoms. The van der Waals surface area contributed by atoms with Crippen molar-refractivity contribution in [3.63, 3.8) is 0 Å². The van der Waals surface area contributed by atoms with Gasteiger partial charge in [0, 0.05) is 31.4 Å². The number of aliphatic imine (C=N–C) groups is 1. The molecule has 0 spiro atoms. The average molecular weight is 386 g/mol. The SMILES string of the molecule is CCN1C(=O)/C(=C\c2ccc(N(C)C)cc2)SC1=Nc1ccc(Cl)cc1. The van der Waals surface area contributed by atoms with Crippen LogP contribution in [0.5, 0.6) is 0 Å². The Bertz CT molecular complexity index is 858. The predicted molar refractivity (Wildman–Crippen MR) is 112 cm³/mol. The second-order valence-corrected chi connectivity index (χ2v) is 7.46. The normalized spacial score (nSPS) is 17.4. The smallest absolute Gasteiger partial charge is 0.266 e. The zero-order valence-electron chi connectivity index (χ0n) is 14.9. The maximum absolute atomic E-state index is 12.7. The molecule has 0 aliphatic carbocycles. The summed E-state index contributed by atoms with van der Waals surface area (Å²) in [6.45, 7) is 2.53. The van der Waals surface area contributed by atoms with Crippen molar-refractivity contribution in [2.24, 2.45) is 4.99 Å². The van der Waals surface area contributed by atoms with Gasteiger partial charge in [-0.3, -0.25) is 9.69 Å². The van der Waals surface area contributed by atoms with Crippen LogP contribution in [0.4, 0.5) is 11.4 Å². The molecule has 0 aromatic heterocycles. The van der Waals surface area contributed by atoms with E-state index in [1.807, 2.05) is 68.4 Å². The fraction of sp³-hybridized carbons (Fsp3) is 0.200. The number of amidine groups is 1. The monoisotopic (exact) mass is 385 g/mol. The fourth-order valence-corrected chi connectivity index (χ4v) is 3.70. The summed E-state index contributed by atoms with van der Waals surface area (Å²) in [5.74, 6) is -0.0121. The molecule has 0 saturated carbocycles. The zero-order chi connectivity index (χ0) is 18.7. The van der Waals surface area contributed by atoms with E-state index in [1.54, 1.807) is 17.0 Å². The van der Waals surface area contributed by atoms with E-state index in [9.17, 15) is 4.79 Å². The summed E-state index contributed by atoms with van der Waals surface area (Å²) in [5.41, 5.74) is 2.90. The van der Waals surface area contributed by atoms with Crippen LogP contribution in [-0.4, -0.2) is 36.6 Å². The van der Waals surface area contributed by atoms with Gasteiger partial charge in [-0.25, -0.2) is 4.99 Å². The van der Waals surface area contributed by atoms with E-state index in [2.05, 4.69) is 4.99 Å². The van der Waals surface area contributed by atoms with Gasteiger partial charge in [0.1, 0.15) is 0 Å². The molecule has 0 radical (unpaired) electrons. The maximum atomic E-state index is 12.7. The van der Waals surface area contributed by atoms with Gasteiger partial charge in [0.2, 0.25) is 0 Å². The van der Waals surface area contributed by atoms with Gasteiger partial charge in [-0.2, -0.15) is 0 Å². The molecule has 26 heavy (non-hydrogen) atoms. The van der Waals surface area contributed by atoms with E-state index < -0.39 is 0 Å². The standard InChI is InChI=1S/C20H20ClN3OS/c1-4-24-19(25)18(13-14-5-11-17(12-6-14)23(2)3)26-20(24)22-16-9-7-15(21)8-10-16/h5-13H,4H2,1-3H3/b18-13+,22-20?. The Hall–Kier alpha value is -2.24. The predicted octanol–water partition coefficient (Wildman–Crippen LogP) is 5.03. The molecule has 134 valence electrons. The number of thioether (sulfide) groups is 1. The number of nitrogens with zero attached hydrogens (tertiary/aromatic N) is 3. The van der Waals surface area contributed by atoms with Gasteiger partial charge < -0.3 is 4.90 Å². The van der Waals surface area contributed by atoms with Crippen LogP contribution in [0.1, 0.15) is 12.5 Å². The molecule has 1 aliphatic rings. The van der Waals surface area contributed by atoms with Crippen LogP contribution in [-0.2, 0) is 4.79 Å². The molecular weight excluding hydrogens is 366 g/mol. The fourth-order valence-electron chi connectivity index (χ4n) is 2.52. The Kier molecular flexibility index (Phi) is 5.69. The summed E-state index contributed by atoms with van der Waals surface area (Å²) < 4.78 is 0. The van der Waals surface area contributed by atoms with Crippen molar-refractivity contribution in [3.8, 4) is 0 Å². The number of anilines is 1. The molecular formula is C20H20ClN3OS. The lowest BCUT2D eigenvalue weighted by molar-refractivity contribution is -0.122. The first kappa shape index (κ1) is 18.5. The number of rotatable bonds is 4. The minimum atomic E-state index is -0.0121. The van der Waals surface area contributed by atoms with E-state index in [0.717, 1.165) is 16.9 Å². The molecule has 1 saturated heterocycles. The summed E-state index contributed by atoms with van der Waals surface area (Å²) in [6.07, 6.45) is 1.92. The topological polar surface area (TPSA) is 35.9 Å². The Morgan fingerprint density at radius 1 is 1.12 bits per heavy atom. The number of carbonyl (C=O) groups is 1. The zero-order valence-corrected chi connectivity index (χ0v) is 16.5. The van der Waals surface area contributed by atoms with E-state index in [4.69, 9.17) is 11.6 Å². The van der Waals surface area contributed by atoms with Crippen molar-refractivity contribution in [1.82, 2.24) is 4.90 Å². The van der Waals surface area contributed by atoms with Crippen molar-refractivity contribution in [3.05, 3.63) is 64.0 Å². The van der Waals surface area contributed by atoms with Gasteiger partial charge in [0.25, 0.3) is 5.91 Å². The highest BCUT2D eigenvalue weighted by atomic mass is 35.5. The molecule has 2 aromatic rings. The lowest BCUT2D eigenvalue weighted by Gasteiger charge is -2.12. The van der Waals surface area contributed by atoms with E-state index >= 15 is 0 Å². The molecule has 0 unspecified atom stereocenters. The van der Waals surface area contributed by atoms with Crippen molar-refractivity contribution in [2.45, 2.75) is 6.92 Å². The second-order valence-electron chi connectivity index (χ2n) is 6.02. The van der Waals surface area contributed by atoms with Crippen LogP contribution in [0.15, 0.2) is 58.4 Å². The summed E-state index contributed by atoms with van der Waals surface area (Å²) in [7, 11) is 4.00. The Balaban J connectivity index is 1.87. The molecule has 1 aliphatic heterocycles. The first-order chi connectivity index (χ1) is 12.5. The minimum absolute atomic E-state index is 0.0121. The maximum Gasteiger partial charge on any atom is 0.266 e. The molecule has 2 aromatic carbocycles. The number of benzene rings is 2. The summed E-state index contributed by atoms with van der Waals surface area (Å²) in [4.78, 5) is 21.7. The first-order valence-electron chi connectivity index (χ1n) is 8.31. The Labute approximate surface area is 163 Å². The van der Waals surface area contributed by atoms with Crippen LogP contribution < -0.4 is 4.90 Å². The van der Waals surface area contributed by atoms with Gasteiger partial charge in [0.15, 0.2) is 5.17 Å².